The van der Waals surface area contributed by atoms with Crippen LogP contribution in [-0.2, 0) is 6.61 Å². The second-order valence-electron chi connectivity index (χ2n) is 3.90. The lowest BCUT2D eigenvalue weighted by atomic mass is 10.1. The first kappa shape index (κ1) is 11.4. The Labute approximate surface area is 101 Å². The predicted octanol–water partition coefficient (Wildman–Crippen LogP) is 2.93. The third kappa shape index (κ3) is 3.20. The summed E-state index contributed by atoms with van der Waals surface area (Å²) in [6, 6.07) is 15.5. The smallest absolute Gasteiger partial charge is 0.0681 e. The number of nitrogens with two attached hydrogens (primary N) is 1. The van der Waals surface area contributed by atoms with Crippen LogP contribution in [0.5, 0.6) is 0 Å². The number of hydrogen-bond donors (Lipinski definition) is 2. The maximum absolute atomic E-state index is 8.93. The maximum atomic E-state index is 8.93. The van der Waals surface area contributed by atoms with Crippen LogP contribution in [0, 0.1) is 0 Å². The van der Waals surface area contributed by atoms with Crippen LogP contribution in [0.25, 0.3) is 12.2 Å². The van der Waals surface area contributed by atoms with Crippen molar-refractivity contribution in [1.82, 2.24) is 0 Å². The molecule has 0 fully saturated rings. The van der Waals surface area contributed by atoms with E-state index in [0.717, 1.165) is 22.4 Å². The zero-order valence-corrected chi connectivity index (χ0v) is 9.51. The minimum Gasteiger partial charge on any atom is -0.399 e. The zero-order valence-electron chi connectivity index (χ0n) is 9.51. The molecule has 86 valence electrons. The maximum Gasteiger partial charge on any atom is 0.0681 e. The fourth-order valence-electron chi connectivity index (χ4n) is 1.53. The van der Waals surface area contributed by atoms with Crippen molar-refractivity contribution >= 4 is 17.8 Å². The highest BCUT2D eigenvalue weighted by molar-refractivity contribution is 5.70. The molecule has 0 radical (unpaired) electrons. The quantitative estimate of drug-likeness (QED) is 0.623. The molecule has 0 aliphatic heterocycles. The van der Waals surface area contributed by atoms with Crippen molar-refractivity contribution < 1.29 is 5.11 Å². The van der Waals surface area contributed by atoms with Gasteiger partial charge < -0.3 is 10.8 Å². The molecule has 0 amide bonds. The van der Waals surface area contributed by atoms with Crippen LogP contribution in [0.1, 0.15) is 16.7 Å². The molecule has 17 heavy (non-hydrogen) atoms. The summed E-state index contributed by atoms with van der Waals surface area (Å²) in [6.07, 6.45) is 4.07. The molecule has 2 nitrogen and oxygen atoms in total. The Hall–Kier alpha value is -2.06. The van der Waals surface area contributed by atoms with E-state index in [4.69, 9.17) is 10.8 Å². The van der Waals surface area contributed by atoms with Gasteiger partial charge in [0.15, 0.2) is 0 Å². The van der Waals surface area contributed by atoms with Crippen LogP contribution >= 0.6 is 0 Å². The third-order valence-electron chi connectivity index (χ3n) is 2.57. The summed E-state index contributed by atoms with van der Waals surface area (Å²) in [5.74, 6) is 0. The van der Waals surface area contributed by atoms with E-state index in [9.17, 15) is 0 Å². The highest BCUT2D eigenvalue weighted by Crippen LogP contribution is 2.11. The number of rotatable bonds is 3. The predicted molar refractivity (Wildman–Crippen MR) is 72.1 cm³/mol. The minimum absolute atomic E-state index is 0.0853. The van der Waals surface area contributed by atoms with Crippen molar-refractivity contribution in [2.75, 3.05) is 5.73 Å². The van der Waals surface area contributed by atoms with Gasteiger partial charge >= 0.3 is 0 Å². The fraction of sp³-hybridized carbons (Fsp3) is 0.0667. The van der Waals surface area contributed by atoms with Gasteiger partial charge in [0, 0.05) is 5.69 Å². The molecule has 0 atom stereocenters. The van der Waals surface area contributed by atoms with Crippen molar-refractivity contribution in [2.45, 2.75) is 6.61 Å². The molecule has 0 aromatic heterocycles. The first-order valence-electron chi connectivity index (χ1n) is 5.51. The molecule has 3 N–H and O–H groups in total. The molecule has 2 aromatic carbocycles. The van der Waals surface area contributed by atoms with E-state index in [1.54, 1.807) is 0 Å². The van der Waals surface area contributed by atoms with Gasteiger partial charge in [0.05, 0.1) is 6.61 Å². The molecule has 0 spiro atoms. The molecule has 0 bridgehead atoms. The molecule has 0 heterocycles. The number of hydrogen-bond acceptors (Lipinski definition) is 2. The van der Waals surface area contributed by atoms with Gasteiger partial charge in [-0.25, -0.2) is 0 Å². The van der Waals surface area contributed by atoms with Gasteiger partial charge in [0.1, 0.15) is 0 Å². The van der Waals surface area contributed by atoms with Crippen LogP contribution in [-0.4, -0.2) is 5.11 Å². The number of aliphatic hydroxyl groups is 1. The van der Waals surface area contributed by atoms with E-state index < -0.39 is 0 Å². The lowest BCUT2D eigenvalue weighted by molar-refractivity contribution is 0.282. The van der Waals surface area contributed by atoms with Crippen molar-refractivity contribution in [2.24, 2.45) is 0 Å². The lowest BCUT2D eigenvalue weighted by Gasteiger charge is -1.98. The van der Waals surface area contributed by atoms with E-state index in [-0.39, 0.29) is 6.61 Å². The summed E-state index contributed by atoms with van der Waals surface area (Å²) < 4.78 is 0. The molecular weight excluding hydrogens is 210 g/mol. The van der Waals surface area contributed by atoms with E-state index in [1.165, 1.54) is 0 Å². The van der Waals surface area contributed by atoms with Gasteiger partial charge in [0.25, 0.3) is 0 Å². The Morgan fingerprint density at radius 1 is 0.824 bits per heavy atom. The molecular formula is C15H15NO. The topological polar surface area (TPSA) is 46.2 Å². The van der Waals surface area contributed by atoms with Gasteiger partial charge in [-0.15, -0.1) is 0 Å². The fourth-order valence-corrected chi connectivity index (χ4v) is 1.53. The van der Waals surface area contributed by atoms with Crippen molar-refractivity contribution in [3.63, 3.8) is 0 Å². The van der Waals surface area contributed by atoms with E-state index in [2.05, 4.69) is 0 Å². The largest absolute Gasteiger partial charge is 0.399 e. The average Bonchev–Trinajstić information content (AvgIpc) is 2.39. The molecule has 0 unspecified atom stereocenters. The molecule has 0 aliphatic rings. The summed E-state index contributed by atoms with van der Waals surface area (Å²) in [5.41, 5.74) is 9.54. The normalized spacial score (nSPS) is 10.9. The van der Waals surface area contributed by atoms with Crippen LogP contribution in [0.2, 0.25) is 0 Å². The van der Waals surface area contributed by atoms with Crippen LogP contribution in [0.3, 0.4) is 0 Å². The van der Waals surface area contributed by atoms with Gasteiger partial charge in [-0.05, 0) is 28.8 Å². The number of anilines is 1. The Morgan fingerprint density at radius 3 is 1.76 bits per heavy atom. The minimum atomic E-state index is 0.0853. The highest BCUT2D eigenvalue weighted by Gasteiger charge is 1.90. The molecule has 0 saturated carbocycles. The summed E-state index contributed by atoms with van der Waals surface area (Å²) in [4.78, 5) is 0. The zero-order chi connectivity index (χ0) is 12.1. The summed E-state index contributed by atoms with van der Waals surface area (Å²) in [5, 5.41) is 8.93. The SMILES string of the molecule is Nc1ccc(C=Cc2ccc(CO)cc2)cc1. The number of benzene rings is 2. The molecule has 2 heteroatoms. The number of aliphatic hydroxyl groups excluding tert-OH is 1. The Kier molecular flexibility index (Phi) is 3.58. The standard InChI is InChI=1S/C15H15NO/c16-15-9-7-13(8-10-15)2-1-12-3-5-14(11-17)6-4-12/h1-10,17H,11,16H2. The van der Waals surface area contributed by atoms with Gasteiger partial charge in [0.2, 0.25) is 0 Å². The third-order valence-corrected chi connectivity index (χ3v) is 2.57. The van der Waals surface area contributed by atoms with Crippen LogP contribution in [0.4, 0.5) is 5.69 Å². The van der Waals surface area contributed by atoms with E-state index in [0.29, 0.717) is 0 Å². The van der Waals surface area contributed by atoms with Gasteiger partial charge in [-0.3, -0.25) is 0 Å². The second-order valence-corrected chi connectivity index (χ2v) is 3.90. The highest BCUT2D eigenvalue weighted by atomic mass is 16.3. The Morgan fingerprint density at radius 2 is 1.29 bits per heavy atom. The Balaban J connectivity index is 2.11. The average molecular weight is 225 g/mol. The van der Waals surface area contributed by atoms with Crippen molar-refractivity contribution in [1.29, 1.82) is 0 Å². The lowest BCUT2D eigenvalue weighted by Crippen LogP contribution is -1.83. The molecule has 0 aliphatic carbocycles. The second kappa shape index (κ2) is 5.32. The molecule has 0 saturated heterocycles. The van der Waals surface area contributed by atoms with E-state index >= 15 is 0 Å². The van der Waals surface area contributed by atoms with Crippen LogP contribution in [0.15, 0.2) is 48.5 Å². The van der Waals surface area contributed by atoms with Crippen molar-refractivity contribution in [3.05, 3.63) is 65.2 Å². The summed E-state index contributed by atoms with van der Waals surface area (Å²) in [7, 11) is 0. The molecule has 2 rings (SSSR count). The monoisotopic (exact) mass is 225 g/mol. The van der Waals surface area contributed by atoms with E-state index in [1.807, 2.05) is 60.7 Å². The molecule has 2 aromatic rings. The van der Waals surface area contributed by atoms with Gasteiger partial charge in [-0.2, -0.15) is 0 Å². The van der Waals surface area contributed by atoms with Crippen LogP contribution < -0.4 is 5.73 Å². The number of nitrogen functional groups attached to an aromatic ring is 1. The summed E-state index contributed by atoms with van der Waals surface area (Å²) >= 11 is 0. The Bertz CT molecular complexity index is 497. The van der Waals surface area contributed by atoms with Gasteiger partial charge in [-0.1, -0.05) is 48.6 Å². The summed E-state index contributed by atoms with van der Waals surface area (Å²) in [6.45, 7) is 0.0853. The van der Waals surface area contributed by atoms with Crippen molar-refractivity contribution in [3.8, 4) is 0 Å². The first-order valence-corrected chi connectivity index (χ1v) is 5.51. The first-order chi connectivity index (χ1) is 8.28.